The third-order valence-corrected chi connectivity index (χ3v) is 3.34. The lowest BCUT2D eigenvalue weighted by Crippen LogP contribution is -2.45. The number of rotatable bonds is 2. The number of halogens is 1. The van der Waals surface area contributed by atoms with Crippen LogP contribution >= 0.6 is 11.6 Å². The van der Waals surface area contributed by atoms with Gasteiger partial charge in [-0.25, -0.2) is 0 Å². The van der Waals surface area contributed by atoms with E-state index in [1.54, 1.807) is 24.3 Å². The van der Waals surface area contributed by atoms with Crippen molar-refractivity contribution in [1.82, 2.24) is 5.32 Å². The molecule has 0 bridgehead atoms. The third kappa shape index (κ3) is 3.20. The zero-order valence-electron chi connectivity index (χ0n) is 9.78. The minimum atomic E-state index is -0.0881. The van der Waals surface area contributed by atoms with E-state index in [0.717, 1.165) is 13.0 Å². The maximum absolute atomic E-state index is 12.0. The first-order valence-corrected chi connectivity index (χ1v) is 6.19. The molecule has 0 radical (unpaired) electrons. The second-order valence-corrected chi connectivity index (χ2v) is 4.87. The van der Waals surface area contributed by atoms with Crippen LogP contribution < -0.4 is 5.32 Å². The molecule has 1 fully saturated rings. The van der Waals surface area contributed by atoms with Crippen LogP contribution in [0.3, 0.4) is 0 Å². The van der Waals surface area contributed by atoms with Gasteiger partial charge in [0, 0.05) is 17.2 Å². The molecule has 0 aliphatic carbocycles. The topological polar surface area (TPSA) is 38.3 Å². The summed E-state index contributed by atoms with van der Waals surface area (Å²) >= 11 is 5.86. The average molecular weight is 254 g/mol. The second kappa shape index (κ2) is 5.52. The standard InChI is InChI=1S/C13H16ClNO2/c1-9-5-6-17-8-12(9)15-13(16)10-3-2-4-11(14)7-10/h2-4,7,9,12H,5-6,8H2,1H3,(H,15,16). The maximum atomic E-state index is 12.0. The van der Waals surface area contributed by atoms with Gasteiger partial charge in [-0.05, 0) is 30.5 Å². The molecule has 1 aromatic carbocycles. The van der Waals surface area contributed by atoms with Gasteiger partial charge in [-0.2, -0.15) is 0 Å². The largest absolute Gasteiger partial charge is 0.379 e. The Bertz CT molecular complexity index is 408. The van der Waals surface area contributed by atoms with Crippen molar-refractivity contribution < 1.29 is 9.53 Å². The van der Waals surface area contributed by atoms with Gasteiger partial charge in [0.1, 0.15) is 0 Å². The van der Waals surface area contributed by atoms with Crippen LogP contribution in [0.15, 0.2) is 24.3 Å². The van der Waals surface area contributed by atoms with E-state index in [2.05, 4.69) is 12.2 Å². The van der Waals surface area contributed by atoms with Crippen molar-refractivity contribution in [2.75, 3.05) is 13.2 Å². The normalized spacial score (nSPS) is 24.4. The van der Waals surface area contributed by atoms with Gasteiger partial charge >= 0.3 is 0 Å². The Labute approximate surface area is 106 Å². The van der Waals surface area contributed by atoms with Crippen LogP contribution in [0.4, 0.5) is 0 Å². The Morgan fingerprint density at radius 2 is 2.35 bits per heavy atom. The highest BCUT2D eigenvalue weighted by molar-refractivity contribution is 6.30. The lowest BCUT2D eigenvalue weighted by atomic mass is 9.97. The first kappa shape index (κ1) is 12.4. The van der Waals surface area contributed by atoms with Gasteiger partial charge < -0.3 is 10.1 Å². The fourth-order valence-corrected chi connectivity index (χ4v) is 2.10. The summed E-state index contributed by atoms with van der Waals surface area (Å²) in [6.07, 6.45) is 0.987. The van der Waals surface area contributed by atoms with E-state index in [4.69, 9.17) is 16.3 Å². The Morgan fingerprint density at radius 1 is 1.53 bits per heavy atom. The molecule has 1 saturated heterocycles. The minimum absolute atomic E-state index is 0.0881. The number of hydrogen-bond acceptors (Lipinski definition) is 2. The molecular weight excluding hydrogens is 238 g/mol. The Kier molecular flexibility index (Phi) is 4.02. The van der Waals surface area contributed by atoms with Crippen LogP contribution in [0.5, 0.6) is 0 Å². The van der Waals surface area contributed by atoms with Crippen molar-refractivity contribution in [1.29, 1.82) is 0 Å². The van der Waals surface area contributed by atoms with Gasteiger partial charge in [0.15, 0.2) is 0 Å². The number of ether oxygens (including phenoxy) is 1. The van der Waals surface area contributed by atoms with Crippen LogP contribution in [-0.4, -0.2) is 25.2 Å². The molecule has 1 N–H and O–H groups in total. The average Bonchev–Trinajstić information content (AvgIpc) is 2.32. The van der Waals surface area contributed by atoms with Crippen molar-refractivity contribution in [2.45, 2.75) is 19.4 Å². The van der Waals surface area contributed by atoms with Gasteiger partial charge in [0.2, 0.25) is 0 Å². The first-order chi connectivity index (χ1) is 8.16. The third-order valence-electron chi connectivity index (χ3n) is 3.11. The molecule has 0 aromatic heterocycles. The van der Waals surface area contributed by atoms with Gasteiger partial charge in [0.25, 0.3) is 5.91 Å². The minimum Gasteiger partial charge on any atom is -0.379 e. The van der Waals surface area contributed by atoms with E-state index < -0.39 is 0 Å². The molecule has 92 valence electrons. The predicted octanol–water partition coefficient (Wildman–Crippen LogP) is 2.49. The molecule has 2 rings (SSSR count). The molecular formula is C13H16ClNO2. The molecule has 2 atom stereocenters. The molecule has 1 amide bonds. The van der Waals surface area contributed by atoms with Crippen molar-refractivity contribution in [3.8, 4) is 0 Å². The van der Waals surface area contributed by atoms with Crippen molar-refractivity contribution in [3.63, 3.8) is 0 Å². The summed E-state index contributed by atoms with van der Waals surface area (Å²) in [5.74, 6) is 0.363. The lowest BCUT2D eigenvalue weighted by molar-refractivity contribution is 0.0388. The van der Waals surface area contributed by atoms with E-state index in [9.17, 15) is 4.79 Å². The smallest absolute Gasteiger partial charge is 0.251 e. The summed E-state index contributed by atoms with van der Waals surface area (Å²) in [7, 11) is 0. The lowest BCUT2D eigenvalue weighted by Gasteiger charge is -2.29. The highest BCUT2D eigenvalue weighted by atomic mass is 35.5. The van der Waals surface area contributed by atoms with Crippen molar-refractivity contribution in [3.05, 3.63) is 34.9 Å². The van der Waals surface area contributed by atoms with E-state index in [0.29, 0.717) is 23.1 Å². The van der Waals surface area contributed by atoms with Crippen LogP contribution in [0.25, 0.3) is 0 Å². The van der Waals surface area contributed by atoms with E-state index in [1.807, 2.05) is 0 Å². The molecule has 1 heterocycles. The molecule has 0 spiro atoms. The zero-order valence-corrected chi connectivity index (χ0v) is 10.5. The zero-order chi connectivity index (χ0) is 12.3. The van der Waals surface area contributed by atoms with E-state index in [-0.39, 0.29) is 11.9 Å². The highest BCUT2D eigenvalue weighted by Gasteiger charge is 2.23. The number of nitrogens with one attached hydrogen (secondary N) is 1. The van der Waals surface area contributed by atoms with E-state index >= 15 is 0 Å². The van der Waals surface area contributed by atoms with Gasteiger partial charge in [0.05, 0.1) is 12.6 Å². The molecule has 4 heteroatoms. The van der Waals surface area contributed by atoms with Crippen LogP contribution in [0, 0.1) is 5.92 Å². The second-order valence-electron chi connectivity index (χ2n) is 4.43. The summed E-state index contributed by atoms with van der Waals surface area (Å²) in [6, 6.07) is 7.05. The number of carbonyl (C=O) groups is 1. The first-order valence-electron chi connectivity index (χ1n) is 5.81. The van der Waals surface area contributed by atoms with Gasteiger partial charge in [-0.15, -0.1) is 0 Å². The summed E-state index contributed by atoms with van der Waals surface area (Å²) in [5.41, 5.74) is 0.593. The molecule has 1 aromatic rings. The fourth-order valence-electron chi connectivity index (χ4n) is 1.91. The molecule has 1 aliphatic rings. The van der Waals surface area contributed by atoms with Crippen molar-refractivity contribution >= 4 is 17.5 Å². The monoisotopic (exact) mass is 253 g/mol. The number of hydrogen-bond donors (Lipinski definition) is 1. The summed E-state index contributed by atoms with van der Waals surface area (Å²) in [5, 5.41) is 3.56. The SMILES string of the molecule is CC1CCOCC1NC(=O)c1cccc(Cl)c1. The van der Waals surface area contributed by atoms with Crippen LogP contribution in [0.1, 0.15) is 23.7 Å². The fraction of sp³-hybridized carbons (Fsp3) is 0.462. The Hall–Kier alpha value is -1.06. The predicted molar refractivity (Wildman–Crippen MR) is 67.3 cm³/mol. The summed E-state index contributed by atoms with van der Waals surface area (Å²) in [4.78, 5) is 12.0. The number of amides is 1. The number of benzene rings is 1. The summed E-state index contributed by atoms with van der Waals surface area (Å²) < 4.78 is 5.37. The van der Waals surface area contributed by atoms with E-state index in [1.165, 1.54) is 0 Å². The number of carbonyl (C=O) groups excluding carboxylic acids is 1. The molecule has 1 aliphatic heterocycles. The van der Waals surface area contributed by atoms with Crippen LogP contribution in [-0.2, 0) is 4.74 Å². The molecule has 0 saturated carbocycles. The van der Waals surface area contributed by atoms with Gasteiger partial charge in [-0.1, -0.05) is 24.6 Å². The Balaban J connectivity index is 2.01. The quantitative estimate of drug-likeness (QED) is 0.880. The molecule has 2 unspecified atom stereocenters. The van der Waals surface area contributed by atoms with Gasteiger partial charge in [-0.3, -0.25) is 4.79 Å². The van der Waals surface area contributed by atoms with Crippen LogP contribution in [0.2, 0.25) is 5.02 Å². The molecule has 3 nitrogen and oxygen atoms in total. The summed E-state index contributed by atoms with van der Waals surface area (Å²) in [6.45, 7) is 3.50. The highest BCUT2D eigenvalue weighted by Crippen LogP contribution is 2.16. The Morgan fingerprint density at radius 3 is 3.06 bits per heavy atom. The molecule has 17 heavy (non-hydrogen) atoms. The van der Waals surface area contributed by atoms with Crippen molar-refractivity contribution in [2.24, 2.45) is 5.92 Å². The maximum Gasteiger partial charge on any atom is 0.251 e.